The lowest BCUT2D eigenvalue weighted by atomic mass is 9.95. The molecule has 0 bridgehead atoms. The minimum absolute atomic E-state index is 0.00450. The van der Waals surface area contributed by atoms with Crippen LogP contribution in [0.15, 0.2) is 41.3 Å². The highest BCUT2D eigenvalue weighted by Crippen LogP contribution is 2.34. The van der Waals surface area contributed by atoms with Crippen LogP contribution in [0.2, 0.25) is 0 Å². The van der Waals surface area contributed by atoms with E-state index >= 15 is 0 Å². The molecule has 182 valence electrons. The fourth-order valence-electron chi connectivity index (χ4n) is 4.86. The monoisotopic (exact) mass is 486 g/mol. The van der Waals surface area contributed by atoms with Crippen molar-refractivity contribution in [3.8, 4) is 5.75 Å². The van der Waals surface area contributed by atoms with Crippen LogP contribution in [0.25, 0.3) is 0 Å². The molecule has 2 heterocycles. The van der Waals surface area contributed by atoms with Gasteiger partial charge in [-0.3, -0.25) is 4.79 Å². The number of ether oxygens (including phenoxy) is 2. The van der Waals surface area contributed by atoms with Gasteiger partial charge in [0.2, 0.25) is 10.0 Å². The van der Waals surface area contributed by atoms with Gasteiger partial charge in [0.15, 0.2) is 0 Å². The third kappa shape index (κ3) is 4.30. The maximum absolute atomic E-state index is 13.6. The van der Waals surface area contributed by atoms with Crippen molar-refractivity contribution < 1.29 is 27.5 Å². The minimum atomic E-state index is -3.85. The van der Waals surface area contributed by atoms with Gasteiger partial charge in [-0.1, -0.05) is 12.5 Å². The Bertz CT molecular complexity index is 1210. The molecule has 8 nitrogen and oxygen atoms in total. The number of hydrogen-bond donors (Lipinski definition) is 0. The van der Waals surface area contributed by atoms with Gasteiger partial charge < -0.3 is 14.4 Å². The van der Waals surface area contributed by atoms with Crippen LogP contribution in [-0.4, -0.2) is 58.0 Å². The highest BCUT2D eigenvalue weighted by molar-refractivity contribution is 7.89. The largest absolute Gasteiger partial charge is 0.495 e. The van der Waals surface area contributed by atoms with Gasteiger partial charge in [-0.05, 0) is 68.5 Å². The SMILES string of the molecule is COC(=O)c1cccc2c1CCCN2C(=O)c1ccc(OC)c(S(=O)(=O)N2CCCC[C@@H]2C)c1. The number of amides is 1. The number of esters is 1. The summed E-state index contributed by atoms with van der Waals surface area (Å²) in [6.45, 7) is 2.82. The van der Waals surface area contributed by atoms with Gasteiger partial charge in [-0.2, -0.15) is 4.31 Å². The van der Waals surface area contributed by atoms with Crippen LogP contribution in [0.5, 0.6) is 5.75 Å². The van der Waals surface area contributed by atoms with Crippen molar-refractivity contribution in [3.05, 3.63) is 53.1 Å². The molecule has 1 saturated heterocycles. The lowest BCUT2D eigenvalue weighted by molar-refractivity contribution is 0.0599. The second-order valence-corrected chi connectivity index (χ2v) is 10.5. The Morgan fingerprint density at radius 3 is 2.53 bits per heavy atom. The van der Waals surface area contributed by atoms with Gasteiger partial charge in [-0.25, -0.2) is 13.2 Å². The molecule has 0 spiro atoms. The van der Waals surface area contributed by atoms with Crippen LogP contribution >= 0.6 is 0 Å². The second kappa shape index (κ2) is 9.76. The van der Waals surface area contributed by atoms with Crippen LogP contribution in [-0.2, 0) is 21.2 Å². The van der Waals surface area contributed by atoms with Crippen molar-refractivity contribution in [1.29, 1.82) is 0 Å². The predicted octanol–water partition coefficient (Wildman–Crippen LogP) is 3.64. The third-order valence-corrected chi connectivity index (χ3v) is 8.68. The quantitative estimate of drug-likeness (QED) is 0.599. The number of rotatable bonds is 5. The van der Waals surface area contributed by atoms with Crippen LogP contribution in [0.3, 0.4) is 0 Å². The van der Waals surface area contributed by atoms with E-state index in [2.05, 4.69) is 0 Å². The van der Waals surface area contributed by atoms with Crippen LogP contribution in [0.4, 0.5) is 5.69 Å². The summed E-state index contributed by atoms with van der Waals surface area (Å²) in [6, 6.07) is 9.62. The number of nitrogens with zero attached hydrogens (tertiary/aromatic N) is 2. The van der Waals surface area contributed by atoms with Crippen molar-refractivity contribution in [1.82, 2.24) is 4.31 Å². The highest BCUT2D eigenvalue weighted by Gasteiger charge is 2.34. The number of benzene rings is 2. The molecule has 9 heteroatoms. The first-order valence-corrected chi connectivity index (χ1v) is 13.0. The zero-order valence-electron chi connectivity index (χ0n) is 19.7. The smallest absolute Gasteiger partial charge is 0.338 e. The fourth-order valence-corrected chi connectivity index (χ4v) is 6.74. The lowest BCUT2D eigenvalue weighted by Crippen LogP contribution is -2.42. The van der Waals surface area contributed by atoms with Crippen molar-refractivity contribution in [2.45, 2.75) is 50.0 Å². The summed E-state index contributed by atoms with van der Waals surface area (Å²) in [4.78, 5) is 27.4. The predicted molar refractivity (Wildman–Crippen MR) is 128 cm³/mol. The standard InChI is InChI=1S/C25H30N2O6S/c1-17-8-4-5-15-27(17)34(30,31)23-16-18(12-13-22(23)32-2)24(28)26-14-7-10-19-20(25(29)33-3)9-6-11-21(19)26/h6,9,11-13,16-17H,4-5,7-8,10,14-15H2,1-3H3/t17-/m0/s1. The normalized spacial score (nSPS) is 18.8. The summed E-state index contributed by atoms with van der Waals surface area (Å²) in [7, 11) is -1.10. The number of methoxy groups -OCH3 is 2. The fraction of sp³-hybridized carbons (Fsp3) is 0.440. The van der Waals surface area contributed by atoms with Crippen molar-refractivity contribution in [2.75, 3.05) is 32.2 Å². The maximum Gasteiger partial charge on any atom is 0.338 e. The van der Waals surface area contributed by atoms with E-state index < -0.39 is 16.0 Å². The Morgan fingerprint density at radius 2 is 1.82 bits per heavy atom. The van der Waals surface area contributed by atoms with Gasteiger partial charge in [0.1, 0.15) is 10.6 Å². The van der Waals surface area contributed by atoms with Crippen LogP contribution < -0.4 is 9.64 Å². The van der Waals surface area contributed by atoms with Crippen molar-refractivity contribution in [3.63, 3.8) is 0 Å². The first-order valence-electron chi connectivity index (χ1n) is 11.5. The molecule has 0 aromatic heterocycles. The van der Waals surface area contributed by atoms with Crippen molar-refractivity contribution in [2.24, 2.45) is 0 Å². The number of hydrogen-bond acceptors (Lipinski definition) is 6. The van der Waals surface area contributed by atoms with Gasteiger partial charge >= 0.3 is 5.97 Å². The molecule has 0 saturated carbocycles. The summed E-state index contributed by atoms with van der Waals surface area (Å²) in [6.07, 6.45) is 3.93. The Kier molecular flexibility index (Phi) is 6.95. The molecule has 0 unspecified atom stereocenters. The van der Waals surface area contributed by atoms with Gasteiger partial charge in [0.25, 0.3) is 5.91 Å². The molecule has 2 aromatic rings. The summed E-state index contributed by atoms with van der Waals surface area (Å²) in [5.41, 5.74) is 2.09. The average molecular weight is 487 g/mol. The second-order valence-electron chi connectivity index (χ2n) is 8.68. The van der Waals surface area contributed by atoms with Gasteiger partial charge in [-0.15, -0.1) is 0 Å². The van der Waals surface area contributed by atoms with E-state index in [9.17, 15) is 18.0 Å². The summed E-state index contributed by atoms with van der Waals surface area (Å²) >= 11 is 0. The topological polar surface area (TPSA) is 93.2 Å². The number of carbonyl (C=O) groups excluding carboxylic acids is 2. The van der Waals surface area contributed by atoms with E-state index in [4.69, 9.17) is 9.47 Å². The lowest BCUT2D eigenvalue weighted by Gasteiger charge is -2.33. The number of fused-ring (bicyclic) bond motifs is 1. The van der Waals surface area contributed by atoms with E-state index in [0.717, 1.165) is 24.8 Å². The Balaban J connectivity index is 1.73. The number of piperidine rings is 1. The molecule has 4 rings (SSSR count). The minimum Gasteiger partial charge on any atom is -0.495 e. The molecule has 0 radical (unpaired) electrons. The zero-order chi connectivity index (χ0) is 24.5. The molecule has 1 fully saturated rings. The maximum atomic E-state index is 13.6. The van der Waals surface area contributed by atoms with E-state index in [1.165, 1.54) is 30.7 Å². The summed E-state index contributed by atoms with van der Waals surface area (Å²) in [5.74, 6) is -0.560. The van der Waals surface area contributed by atoms with Gasteiger partial charge in [0, 0.05) is 30.4 Å². The first-order chi connectivity index (χ1) is 16.3. The number of carbonyl (C=O) groups is 2. The summed E-state index contributed by atoms with van der Waals surface area (Å²) in [5, 5.41) is 0. The molecule has 0 N–H and O–H groups in total. The molecule has 2 aromatic carbocycles. The first kappa shape index (κ1) is 24.2. The number of sulfonamides is 1. The zero-order valence-corrected chi connectivity index (χ0v) is 20.6. The molecule has 1 amide bonds. The Hall–Kier alpha value is -2.91. The molecule has 0 aliphatic carbocycles. The molecule has 2 aliphatic rings. The molecular formula is C25H30N2O6S. The van der Waals surface area contributed by atoms with E-state index in [-0.39, 0.29) is 28.2 Å². The molecular weight excluding hydrogens is 456 g/mol. The Morgan fingerprint density at radius 1 is 1.03 bits per heavy atom. The molecule has 1 atom stereocenters. The van der Waals surface area contributed by atoms with Crippen LogP contribution in [0.1, 0.15) is 58.9 Å². The molecule has 34 heavy (non-hydrogen) atoms. The van der Waals surface area contributed by atoms with E-state index in [0.29, 0.717) is 37.2 Å². The average Bonchev–Trinajstić information content (AvgIpc) is 2.86. The highest BCUT2D eigenvalue weighted by atomic mass is 32.2. The van der Waals surface area contributed by atoms with E-state index in [1.54, 1.807) is 29.2 Å². The summed E-state index contributed by atoms with van der Waals surface area (Å²) < 4.78 is 38.9. The van der Waals surface area contributed by atoms with E-state index in [1.807, 2.05) is 6.92 Å². The van der Waals surface area contributed by atoms with Gasteiger partial charge in [0.05, 0.1) is 19.8 Å². The Labute approximate surface area is 200 Å². The third-order valence-electron chi connectivity index (χ3n) is 6.64. The van der Waals surface area contributed by atoms with Crippen LogP contribution in [0, 0.1) is 0 Å². The van der Waals surface area contributed by atoms with Crippen molar-refractivity contribution >= 4 is 27.6 Å². The molecule has 2 aliphatic heterocycles. The number of anilines is 1.